The maximum absolute atomic E-state index is 12.3. The largest absolute Gasteiger partial charge is 0.407 e. The number of benzene rings is 2. The molecule has 3 aromatic rings. The molecule has 3 rings (SSSR count). The lowest BCUT2D eigenvalue weighted by molar-refractivity contribution is -0.116. The highest BCUT2D eigenvalue weighted by molar-refractivity contribution is 7.99. The molecule has 0 fully saturated rings. The fourth-order valence-electron chi connectivity index (χ4n) is 2.48. The van der Waals surface area contributed by atoms with Crippen LogP contribution >= 0.6 is 11.8 Å². The van der Waals surface area contributed by atoms with E-state index in [-0.39, 0.29) is 22.7 Å². The zero-order valence-corrected chi connectivity index (χ0v) is 17.5. The predicted octanol–water partition coefficient (Wildman–Crippen LogP) is 3.86. The number of carbonyl (C=O) groups excluding carboxylic acids is 1. The number of nitrogens with zero attached hydrogens (tertiary/aromatic N) is 2. The molecule has 0 aliphatic heterocycles. The Labute approximate surface area is 173 Å². The van der Waals surface area contributed by atoms with Crippen molar-refractivity contribution in [2.75, 3.05) is 11.1 Å². The highest BCUT2D eigenvalue weighted by Gasteiger charge is 2.19. The van der Waals surface area contributed by atoms with Crippen LogP contribution in [-0.4, -0.2) is 30.3 Å². The van der Waals surface area contributed by atoms with E-state index in [9.17, 15) is 13.2 Å². The number of rotatable bonds is 9. The summed E-state index contributed by atoms with van der Waals surface area (Å²) < 4.78 is 29.9. The number of sulfone groups is 1. The van der Waals surface area contributed by atoms with E-state index in [1.165, 1.54) is 17.7 Å². The van der Waals surface area contributed by atoms with E-state index in [1.807, 2.05) is 6.92 Å². The van der Waals surface area contributed by atoms with Crippen molar-refractivity contribution in [3.05, 3.63) is 66.1 Å². The number of hydrogen-bond acceptors (Lipinski definition) is 7. The minimum atomic E-state index is -3.59. The quantitative estimate of drug-likeness (QED) is 0.405. The van der Waals surface area contributed by atoms with Crippen LogP contribution in [0.15, 0.2) is 68.8 Å². The van der Waals surface area contributed by atoms with Crippen molar-refractivity contribution in [1.29, 1.82) is 0 Å². The molecule has 0 spiro atoms. The number of carbonyl (C=O) groups is 1. The highest BCUT2D eigenvalue weighted by atomic mass is 32.2. The van der Waals surface area contributed by atoms with Gasteiger partial charge in [0.05, 0.1) is 4.90 Å². The number of nitrogens with one attached hydrogen (secondary N) is 1. The second-order valence-corrected chi connectivity index (χ2v) is 9.54. The SMILES string of the molecule is Cc1ccc(SCCCC(=O)Nc2nnc(CS(=O)(=O)c3ccccc3)o2)cc1. The Morgan fingerprint density at radius 3 is 2.52 bits per heavy atom. The molecule has 0 saturated carbocycles. The van der Waals surface area contributed by atoms with Crippen molar-refractivity contribution in [2.45, 2.75) is 35.3 Å². The lowest BCUT2D eigenvalue weighted by atomic mass is 10.2. The Bertz CT molecular complexity index is 1050. The molecule has 1 amide bonds. The number of thioether (sulfide) groups is 1. The molecule has 0 atom stereocenters. The summed E-state index contributed by atoms with van der Waals surface area (Å²) in [6, 6.07) is 16.2. The zero-order chi connectivity index (χ0) is 20.7. The first-order valence-electron chi connectivity index (χ1n) is 9.02. The minimum absolute atomic E-state index is 0.0703. The molecule has 0 saturated heterocycles. The number of anilines is 1. The molecule has 2 aromatic carbocycles. The molecule has 0 aliphatic rings. The summed E-state index contributed by atoms with van der Waals surface area (Å²) in [5, 5.41) is 9.92. The first-order valence-corrected chi connectivity index (χ1v) is 11.7. The molecule has 1 N–H and O–H groups in total. The van der Waals surface area contributed by atoms with Crippen molar-refractivity contribution in [2.24, 2.45) is 0 Å². The number of hydrogen-bond donors (Lipinski definition) is 1. The lowest BCUT2D eigenvalue weighted by Gasteiger charge is -2.03. The van der Waals surface area contributed by atoms with Crippen LogP contribution in [0.2, 0.25) is 0 Å². The van der Waals surface area contributed by atoms with E-state index in [2.05, 4.69) is 39.8 Å². The van der Waals surface area contributed by atoms with Crippen LogP contribution in [0.4, 0.5) is 6.01 Å². The summed E-state index contributed by atoms with van der Waals surface area (Å²) in [5.41, 5.74) is 1.21. The second kappa shape index (κ2) is 9.71. The van der Waals surface area contributed by atoms with Gasteiger partial charge < -0.3 is 4.42 Å². The van der Waals surface area contributed by atoms with Crippen LogP contribution in [0.3, 0.4) is 0 Å². The van der Waals surface area contributed by atoms with Crippen LogP contribution in [0.1, 0.15) is 24.3 Å². The Kier molecular flexibility index (Phi) is 7.05. The highest BCUT2D eigenvalue weighted by Crippen LogP contribution is 2.20. The van der Waals surface area contributed by atoms with Gasteiger partial charge in [0.15, 0.2) is 9.84 Å². The average molecular weight is 432 g/mol. The molecule has 0 radical (unpaired) electrons. The van der Waals surface area contributed by atoms with E-state index in [1.54, 1.807) is 30.0 Å². The van der Waals surface area contributed by atoms with Gasteiger partial charge in [-0.2, -0.15) is 0 Å². The maximum Gasteiger partial charge on any atom is 0.322 e. The van der Waals surface area contributed by atoms with Crippen molar-refractivity contribution in [1.82, 2.24) is 10.2 Å². The Morgan fingerprint density at radius 1 is 1.07 bits per heavy atom. The molecule has 1 aromatic heterocycles. The molecular weight excluding hydrogens is 410 g/mol. The molecular formula is C20H21N3O4S2. The molecule has 0 bridgehead atoms. The van der Waals surface area contributed by atoms with Gasteiger partial charge in [0.25, 0.3) is 0 Å². The van der Waals surface area contributed by atoms with Gasteiger partial charge in [0.1, 0.15) is 5.75 Å². The van der Waals surface area contributed by atoms with Crippen LogP contribution in [-0.2, 0) is 20.4 Å². The van der Waals surface area contributed by atoms with Gasteiger partial charge in [0, 0.05) is 11.3 Å². The number of amides is 1. The third-order valence-electron chi connectivity index (χ3n) is 3.97. The first kappa shape index (κ1) is 21.1. The predicted molar refractivity (Wildman–Crippen MR) is 111 cm³/mol. The molecule has 29 heavy (non-hydrogen) atoms. The van der Waals surface area contributed by atoms with Crippen molar-refractivity contribution >= 4 is 33.5 Å². The van der Waals surface area contributed by atoms with Gasteiger partial charge in [-0.1, -0.05) is 41.0 Å². The standard InChI is InChI=1S/C20H21N3O4S2/c1-15-9-11-16(12-10-15)28-13-5-8-18(24)21-20-23-22-19(27-20)14-29(25,26)17-6-3-2-4-7-17/h2-4,6-7,9-12H,5,8,13-14H2,1H3,(H,21,23,24). The maximum atomic E-state index is 12.3. The molecule has 7 nitrogen and oxygen atoms in total. The smallest absolute Gasteiger partial charge is 0.322 e. The lowest BCUT2D eigenvalue weighted by Crippen LogP contribution is -2.11. The normalized spacial score (nSPS) is 11.3. The zero-order valence-electron chi connectivity index (χ0n) is 15.9. The summed E-state index contributed by atoms with van der Waals surface area (Å²) in [7, 11) is -3.59. The van der Waals surface area contributed by atoms with Gasteiger partial charge in [0.2, 0.25) is 11.8 Å². The molecule has 9 heteroatoms. The van der Waals surface area contributed by atoms with E-state index in [0.717, 1.165) is 10.6 Å². The second-order valence-electron chi connectivity index (χ2n) is 6.39. The fourth-order valence-corrected chi connectivity index (χ4v) is 4.51. The monoisotopic (exact) mass is 431 g/mol. The minimum Gasteiger partial charge on any atom is -0.407 e. The summed E-state index contributed by atoms with van der Waals surface area (Å²) in [6.45, 7) is 2.04. The third kappa shape index (κ3) is 6.43. The molecule has 1 heterocycles. The Morgan fingerprint density at radius 2 is 1.79 bits per heavy atom. The van der Waals surface area contributed by atoms with E-state index in [4.69, 9.17) is 4.42 Å². The van der Waals surface area contributed by atoms with Crippen LogP contribution < -0.4 is 5.32 Å². The van der Waals surface area contributed by atoms with Crippen molar-refractivity contribution in [3.63, 3.8) is 0 Å². The molecule has 0 unspecified atom stereocenters. The summed E-state index contributed by atoms with van der Waals surface area (Å²) in [4.78, 5) is 13.4. The van der Waals surface area contributed by atoms with E-state index in [0.29, 0.717) is 12.8 Å². The van der Waals surface area contributed by atoms with E-state index < -0.39 is 15.6 Å². The Hall–Kier alpha value is -2.65. The third-order valence-corrected chi connectivity index (χ3v) is 6.68. The van der Waals surface area contributed by atoms with Crippen LogP contribution in [0.5, 0.6) is 0 Å². The van der Waals surface area contributed by atoms with Gasteiger partial charge in [-0.25, -0.2) is 8.42 Å². The van der Waals surface area contributed by atoms with Crippen molar-refractivity contribution in [3.8, 4) is 0 Å². The fraction of sp³-hybridized carbons (Fsp3) is 0.250. The van der Waals surface area contributed by atoms with E-state index >= 15 is 0 Å². The first-order chi connectivity index (χ1) is 13.9. The Balaban J connectivity index is 1.44. The summed E-state index contributed by atoms with van der Waals surface area (Å²) in [5.74, 6) is 0.0585. The molecule has 152 valence electrons. The van der Waals surface area contributed by atoms with Gasteiger partial charge in [-0.05, 0) is 43.4 Å². The van der Waals surface area contributed by atoms with Gasteiger partial charge in [-0.3, -0.25) is 10.1 Å². The summed E-state index contributed by atoms with van der Waals surface area (Å²) in [6.07, 6.45) is 0.993. The van der Waals surface area contributed by atoms with Gasteiger partial charge in [-0.15, -0.1) is 16.9 Å². The number of aryl methyl sites for hydroxylation is 1. The van der Waals surface area contributed by atoms with Crippen LogP contribution in [0, 0.1) is 6.92 Å². The van der Waals surface area contributed by atoms with Crippen molar-refractivity contribution < 1.29 is 17.6 Å². The van der Waals surface area contributed by atoms with Crippen LogP contribution in [0.25, 0.3) is 0 Å². The number of aromatic nitrogens is 2. The van der Waals surface area contributed by atoms with Gasteiger partial charge >= 0.3 is 6.01 Å². The topological polar surface area (TPSA) is 102 Å². The summed E-state index contributed by atoms with van der Waals surface area (Å²) >= 11 is 1.69. The molecule has 0 aliphatic carbocycles. The average Bonchev–Trinajstić information content (AvgIpc) is 3.13.